The monoisotopic (exact) mass is 243 g/mol. The number of nitrogens with zero attached hydrogens (tertiary/aromatic N) is 1. The van der Waals surface area contributed by atoms with E-state index in [0.29, 0.717) is 19.7 Å². The summed E-state index contributed by atoms with van der Waals surface area (Å²) in [7, 11) is 0. The minimum atomic E-state index is -0.533. The number of carbonyl (C=O) groups excluding carboxylic acids is 1. The third-order valence-electron chi connectivity index (χ3n) is 3.19. The Labute approximate surface area is 102 Å². The van der Waals surface area contributed by atoms with Gasteiger partial charge in [0, 0.05) is 6.61 Å². The molecule has 1 unspecified atom stereocenters. The average Bonchev–Trinajstić information content (AvgIpc) is 2.12. The van der Waals surface area contributed by atoms with Crippen molar-refractivity contribution in [3.05, 3.63) is 0 Å². The van der Waals surface area contributed by atoms with Gasteiger partial charge in [-0.1, -0.05) is 0 Å². The van der Waals surface area contributed by atoms with Crippen molar-refractivity contribution in [2.24, 2.45) is 0 Å². The molecule has 5 nitrogen and oxygen atoms in total. The number of carbonyl (C=O) groups is 1. The minimum Gasteiger partial charge on any atom is -0.444 e. The van der Waals surface area contributed by atoms with Crippen LogP contribution < -0.4 is 0 Å². The van der Waals surface area contributed by atoms with Gasteiger partial charge in [0.2, 0.25) is 0 Å². The highest BCUT2D eigenvalue weighted by Gasteiger charge is 2.53. The smallest absolute Gasteiger partial charge is 0.410 e. The molecule has 2 aliphatic heterocycles. The Balaban J connectivity index is 1.87. The molecule has 1 amide bonds. The van der Waals surface area contributed by atoms with E-state index in [9.17, 15) is 9.90 Å². The van der Waals surface area contributed by atoms with Crippen molar-refractivity contribution in [2.45, 2.75) is 50.9 Å². The summed E-state index contributed by atoms with van der Waals surface area (Å²) in [5.74, 6) is 0. The van der Waals surface area contributed by atoms with E-state index in [-0.39, 0.29) is 6.09 Å². The molecule has 0 bridgehead atoms. The van der Waals surface area contributed by atoms with Crippen LogP contribution in [0.5, 0.6) is 0 Å². The molecule has 98 valence electrons. The van der Waals surface area contributed by atoms with Crippen LogP contribution in [0.1, 0.15) is 33.6 Å². The highest BCUT2D eigenvalue weighted by atomic mass is 16.6. The Hall–Kier alpha value is -0.810. The third-order valence-corrected chi connectivity index (χ3v) is 3.19. The maximum atomic E-state index is 11.7. The zero-order valence-corrected chi connectivity index (χ0v) is 10.7. The van der Waals surface area contributed by atoms with Gasteiger partial charge < -0.3 is 19.5 Å². The first-order valence-corrected chi connectivity index (χ1v) is 6.12. The Bertz CT molecular complexity index is 304. The van der Waals surface area contributed by atoms with Crippen LogP contribution in [0.15, 0.2) is 0 Å². The summed E-state index contributed by atoms with van der Waals surface area (Å²) < 4.78 is 10.9. The first-order chi connectivity index (χ1) is 7.82. The lowest BCUT2D eigenvalue weighted by Crippen LogP contribution is -2.71. The second-order valence-corrected chi connectivity index (χ2v) is 5.91. The fraction of sp³-hybridized carbons (Fsp3) is 0.917. The number of hydrogen-bond acceptors (Lipinski definition) is 4. The van der Waals surface area contributed by atoms with E-state index in [0.717, 1.165) is 12.8 Å². The lowest BCUT2D eigenvalue weighted by molar-refractivity contribution is -0.214. The number of aliphatic hydroxyl groups is 1. The first-order valence-electron chi connectivity index (χ1n) is 6.12. The zero-order valence-electron chi connectivity index (χ0n) is 10.7. The van der Waals surface area contributed by atoms with Gasteiger partial charge >= 0.3 is 6.09 Å². The molecule has 2 aliphatic rings. The Kier molecular flexibility index (Phi) is 3.08. The SMILES string of the molecule is CC(C)(C)OC(=O)N1CC2(C1)OCCCC2O. The summed E-state index contributed by atoms with van der Waals surface area (Å²) in [5.41, 5.74) is -1.01. The van der Waals surface area contributed by atoms with Crippen molar-refractivity contribution in [1.82, 2.24) is 4.90 Å². The van der Waals surface area contributed by atoms with Crippen LogP contribution in [0.25, 0.3) is 0 Å². The molecule has 2 fully saturated rings. The molecule has 1 spiro atoms. The Morgan fingerprint density at radius 3 is 2.65 bits per heavy atom. The molecule has 0 saturated carbocycles. The van der Waals surface area contributed by atoms with Crippen molar-refractivity contribution in [2.75, 3.05) is 19.7 Å². The van der Waals surface area contributed by atoms with E-state index < -0.39 is 17.3 Å². The Morgan fingerprint density at radius 2 is 2.12 bits per heavy atom. The summed E-state index contributed by atoms with van der Waals surface area (Å²) in [6.45, 7) is 7.05. The van der Waals surface area contributed by atoms with Crippen molar-refractivity contribution in [1.29, 1.82) is 0 Å². The van der Waals surface area contributed by atoms with Gasteiger partial charge in [-0.05, 0) is 33.6 Å². The van der Waals surface area contributed by atoms with E-state index in [1.807, 2.05) is 20.8 Å². The standard InChI is InChI=1S/C12H21NO4/c1-11(2,3)17-10(15)13-7-12(8-13)9(14)5-4-6-16-12/h9,14H,4-8H2,1-3H3. The van der Waals surface area contributed by atoms with E-state index in [1.165, 1.54) is 0 Å². The van der Waals surface area contributed by atoms with Gasteiger partial charge in [0.1, 0.15) is 11.2 Å². The molecule has 1 atom stereocenters. The summed E-state index contributed by atoms with van der Waals surface area (Å²) in [5, 5.41) is 9.91. The van der Waals surface area contributed by atoms with Crippen LogP contribution >= 0.6 is 0 Å². The number of hydrogen-bond donors (Lipinski definition) is 1. The second-order valence-electron chi connectivity index (χ2n) is 5.91. The zero-order chi connectivity index (χ0) is 12.7. The molecule has 0 aliphatic carbocycles. The molecule has 2 saturated heterocycles. The van der Waals surface area contributed by atoms with E-state index >= 15 is 0 Å². The van der Waals surface area contributed by atoms with Crippen molar-refractivity contribution in [3.8, 4) is 0 Å². The molecule has 5 heteroatoms. The lowest BCUT2D eigenvalue weighted by Gasteiger charge is -2.53. The summed E-state index contributed by atoms with van der Waals surface area (Å²) in [6.07, 6.45) is 0.844. The maximum Gasteiger partial charge on any atom is 0.410 e. The number of aliphatic hydroxyl groups excluding tert-OH is 1. The first kappa shape index (κ1) is 12.6. The maximum absolute atomic E-state index is 11.7. The van der Waals surface area contributed by atoms with Crippen molar-refractivity contribution in [3.63, 3.8) is 0 Å². The van der Waals surface area contributed by atoms with Gasteiger partial charge in [-0.15, -0.1) is 0 Å². The number of likely N-dealkylation sites (tertiary alicyclic amines) is 1. The molecular formula is C12H21NO4. The van der Waals surface area contributed by atoms with Crippen LogP contribution in [-0.4, -0.2) is 53.1 Å². The van der Waals surface area contributed by atoms with Crippen LogP contribution in [0.2, 0.25) is 0 Å². The van der Waals surface area contributed by atoms with Gasteiger partial charge in [0.15, 0.2) is 0 Å². The highest BCUT2D eigenvalue weighted by Crippen LogP contribution is 2.35. The molecule has 17 heavy (non-hydrogen) atoms. The molecule has 1 N–H and O–H groups in total. The van der Waals surface area contributed by atoms with Crippen LogP contribution in [0, 0.1) is 0 Å². The van der Waals surface area contributed by atoms with E-state index in [1.54, 1.807) is 4.90 Å². The predicted molar refractivity (Wildman–Crippen MR) is 61.7 cm³/mol. The fourth-order valence-corrected chi connectivity index (χ4v) is 2.27. The average molecular weight is 243 g/mol. The third kappa shape index (κ3) is 2.55. The molecule has 2 rings (SSSR count). The molecule has 0 aromatic rings. The summed E-state index contributed by atoms with van der Waals surface area (Å²) in [6, 6.07) is 0. The highest BCUT2D eigenvalue weighted by molar-refractivity contribution is 5.69. The van der Waals surface area contributed by atoms with Crippen LogP contribution in [-0.2, 0) is 9.47 Å². The second kappa shape index (κ2) is 4.14. The lowest BCUT2D eigenvalue weighted by atomic mass is 9.84. The van der Waals surface area contributed by atoms with Gasteiger partial charge in [0.05, 0.1) is 19.2 Å². The predicted octanol–water partition coefficient (Wildman–Crippen LogP) is 1.15. The van der Waals surface area contributed by atoms with Gasteiger partial charge in [-0.3, -0.25) is 0 Å². The molecule has 0 aromatic heterocycles. The quantitative estimate of drug-likeness (QED) is 0.693. The van der Waals surface area contributed by atoms with Crippen molar-refractivity contribution >= 4 is 6.09 Å². The summed E-state index contributed by atoms with van der Waals surface area (Å²) in [4.78, 5) is 13.3. The summed E-state index contributed by atoms with van der Waals surface area (Å²) >= 11 is 0. The minimum absolute atomic E-state index is 0.329. The Morgan fingerprint density at radius 1 is 1.47 bits per heavy atom. The fourth-order valence-electron chi connectivity index (χ4n) is 2.27. The van der Waals surface area contributed by atoms with Crippen LogP contribution in [0.3, 0.4) is 0 Å². The normalized spacial score (nSPS) is 27.8. The molecular weight excluding hydrogens is 222 g/mol. The van der Waals surface area contributed by atoms with Gasteiger partial charge in [0.25, 0.3) is 0 Å². The van der Waals surface area contributed by atoms with E-state index in [2.05, 4.69) is 0 Å². The molecule has 0 aromatic carbocycles. The van der Waals surface area contributed by atoms with Gasteiger partial charge in [-0.25, -0.2) is 4.79 Å². The molecule has 2 heterocycles. The number of amides is 1. The number of rotatable bonds is 0. The van der Waals surface area contributed by atoms with Crippen LogP contribution in [0.4, 0.5) is 4.79 Å². The topological polar surface area (TPSA) is 59.0 Å². The van der Waals surface area contributed by atoms with Crippen molar-refractivity contribution < 1.29 is 19.4 Å². The number of ether oxygens (including phenoxy) is 2. The van der Waals surface area contributed by atoms with E-state index in [4.69, 9.17) is 9.47 Å². The van der Waals surface area contributed by atoms with Gasteiger partial charge in [-0.2, -0.15) is 0 Å². The largest absolute Gasteiger partial charge is 0.444 e. The molecule has 0 radical (unpaired) electrons.